The molecular weight excluding hydrogens is 184 g/mol. The Labute approximate surface area is 79.8 Å². The number of thiol groups is 3. The van der Waals surface area contributed by atoms with E-state index in [1.165, 1.54) is 0 Å². The lowest BCUT2D eigenvalue weighted by Crippen LogP contribution is -1.98. The molecule has 0 rings (SSSR count). The molecule has 0 aromatic carbocycles. The largest absolute Gasteiger partial charge is 0.393 e. The molecule has 0 aliphatic rings. The van der Waals surface area contributed by atoms with Crippen molar-refractivity contribution in [3.63, 3.8) is 0 Å². The van der Waals surface area contributed by atoms with Crippen LogP contribution in [0, 0.1) is 0 Å². The summed E-state index contributed by atoms with van der Waals surface area (Å²) in [5, 5.41) is 8.28. The van der Waals surface area contributed by atoms with Gasteiger partial charge in [0, 0.05) is 5.75 Å². The van der Waals surface area contributed by atoms with Crippen molar-refractivity contribution >= 4 is 37.9 Å². The minimum atomic E-state index is -0.252. The zero-order valence-electron chi connectivity index (χ0n) is 6.19. The third kappa shape index (κ3) is 23.0. The summed E-state index contributed by atoms with van der Waals surface area (Å²) in [6.07, 6.45) is 0.866. The maximum atomic E-state index is 8.28. The second-order valence-corrected chi connectivity index (χ2v) is 3.09. The summed E-state index contributed by atoms with van der Waals surface area (Å²) in [5.74, 6) is 2.48. The van der Waals surface area contributed by atoms with Crippen molar-refractivity contribution in [3.05, 3.63) is 0 Å². The molecule has 1 unspecified atom stereocenters. The van der Waals surface area contributed by atoms with Gasteiger partial charge in [0.15, 0.2) is 0 Å². The van der Waals surface area contributed by atoms with Gasteiger partial charge in [0.25, 0.3) is 0 Å². The fraction of sp³-hybridized carbons (Fsp3) is 1.00. The summed E-state index contributed by atoms with van der Waals surface area (Å²) in [6, 6.07) is 0. The average Bonchev–Trinajstić information content (AvgIpc) is 1.91. The molecular formula is C6H16OS3. The lowest BCUT2D eigenvalue weighted by molar-refractivity contribution is 0.221. The monoisotopic (exact) mass is 200 g/mol. The maximum absolute atomic E-state index is 8.28. The van der Waals surface area contributed by atoms with Crippen LogP contribution in [-0.2, 0) is 0 Å². The molecule has 0 aliphatic heterocycles. The van der Waals surface area contributed by atoms with Crippen molar-refractivity contribution < 1.29 is 5.11 Å². The van der Waals surface area contributed by atoms with E-state index in [2.05, 4.69) is 37.9 Å². The molecule has 1 N–H and O–H groups in total. The van der Waals surface area contributed by atoms with E-state index in [1.807, 2.05) is 0 Å². The van der Waals surface area contributed by atoms with Crippen LogP contribution in [0.3, 0.4) is 0 Å². The second-order valence-electron chi connectivity index (χ2n) is 1.83. The standard InChI is InChI=1S/C3H8OS.C3H8S2/c1-3(4)2-5;4-2-1-3-5/h3-5H,2H2,1H3;4-5H,1-3H2. The van der Waals surface area contributed by atoms with Gasteiger partial charge in [-0.1, -0.05) is 0 Å². The summed E-state index contributed by atoms with van der Waals surface area (Å²) in [4.78, 5) is 0. The van der Waals surface area contributed by atoms with Gasteiger partial charge in [0.1, 0.15) is 0 Å². The Morgan fingerprint density at radius 2 is 1.50 bits per heavy atom. The predicted octanol–water partition coefficient (Wildman–Crippen LogP) is 1.53. The second kappa shape index (κ2) is 12.7. The number of rotatable bonds is 3. The van der Waals surface area contributed by atoms with Crippen LogP contribution in [0.2, 0.25) is 0 Å². The molecule has 0 amide bonds. The van der Waals surface area contributed by atoms with E-state index < -0.39 is 0 Å². The lowest BCUT2D eigenvalue weighted by atomic mass is 10.5. The molecule has 0 heterocycles. The minimum Gasteiger partial charge on any atom is -0.393 e. The zero-order valence-corrected chi connectivity index (χ0v) is 8.88. The number of aliphatic hydroxyl groups excluding tert-OH is 1. The highest BCUT2D eigenvalue weighted by Gasteiger charge is 1.82. The molecule has 0 fully saturated rings. The van der Waals surface area contributed by atoms with E-state index in [-0.39, 0.29) is 6.10 Å². The van der Waals surface area contributed by atoms with Crippen molar-refractivity contribution in [2.45, 2.75) is 19.4 Å². The molecule has 0 aromatic rings. The van der Waals surface area contributed by atoms with Crippen LogP contribution >= 0.6 is 37.9 Å². The maximum Gasteiger partial charge on any atom is 0.0599 e. The Balaban J connectivity index is 0. The van der Waals surface area contributed by atoms with Crippen molar-refractivity contribution in [1.82, 2.24) is 0 Å². The first kappa shape index (κ1) is 13.6. The van der Waals surface area contributed by atoms with Gasteiger partial charge in [-0.25, -0.2) is 0 Å². The summed E-state index contributed by atoms with van der Waals surface area (Å²) in [6.45, 7) is 1.70. The van der Waals surface area contributed by atoms with Crippen molar-refractivity contribution in [3.8, 4) is 0 Å². The Bertz CT molecular complexity index is 48.3. The molecule has 0 spiro atoms. The average molecular weight is 200 g/mol. The Morgan fingerprint density at radius 3 is 1.50 bits per heavy atom. The van der Waals surface area contributed by atoms with Gasteiger partial charge in [-0.3, -0.25) is 0 Å². The third-order valence-electron chi connectivity index (χ3n) is 0.580. The fourth-order valence-electron chi connectivity index (χ4n) is 0.0707. The fourth-order valence-corrected chi connectivity index (χ4v) is 0.636. The summed E-state index contributed by atoms with van der Waals surface area (Å²) in [7, 11) is 0. The normalized spacial score (nSPS) is 11.7. The first-order valence-electron chi connectivity index (χ1n) is 3.19. The van der Waals surface area contributed by atoms with Crippen LogP contribution in [0.25, 0.3) is 0 Å². The van der Waals surface area contributed by atoms with Gasteiger partial charge in [0.05, 0.1) is 6.10 Å². The van der Waals surface area contributed by atoms with Crippen LogP contribution in [0.1, 0.15) is 13.3 Å². The quantitative estimate of drug-likeness (QED) is 0.509. The van der Waals surface area contributed by atoms with E-state index in [1.54, 1.807) is 6.92 Å². The van der Waals surface area contributed by atoms with E-state index in [0.717, 1.165) is 17.9 Å². The van der Waals surface area contributed by atoms with E-state index in [9.17, 15) is 0 Å². The molecule has 0 saturated heterocycles. The van der Waals surface area contributed by atoms with Gasteiger partial charge in [-0.05, 0) is 24.9 Å². The van der Waals surface area contributed by atoms with Gasteiger partial charge in [-0.15, -0.1) is 0 Å². The van der Waals surface area contributed by atoms with Crippen molar-refractivity contribution in [1.29, 1.82) is 0 Å². The van der Waals surface area contributed by atoms with Crippen LogP contribution in [0.5, 0.6) is 0 Å². The molecule has 0 aliphatic carbocycles. The third-order valence-corrected chi connectivity index (χ3v) is 1.74. The summed E-state index contributed by atoms with van der Waals surface area (Å²) >= 11 is 11.7. The Morgan fingerprint density at radius 1 is 1.20 bits per heavy atom. The summed E-state index contributed by atoms with van der Waals surface area (Å²) < 4.78 is 0. The highest BCUT2D eigenvalue weighted by Crippen LogP contribution is 1.83. The molecule has 1 atom stereocenters. The highest BCUT2D eigenvalue weighted by atomic mass is 32.1. The first-order valence-corrected chi connectivity index (χ1v) is 5.09. The molecule has 0 aromatic heterocycles. The van der Waals surface area contributed by atoms with Gasteiger partial charge in [-0.2, -0.15) is 37.9 Å². The molecule has 1 nitrogen and oxygen atoms in total. The van der Waals surface area contributed by atoms with Crippen LogP contribution < -0.4 is 0 Å². The molecule has 4 heteroatoms. The molecule has 0 radical (unpaired) electrons. The van der Waals surface area contributed by atoms with E-state index in [0.29, 0.717) is 5.75 Å². The topological polar surface area (TPSA) is 20.2 Å². The Kier molecular flexibility index (Phi) is 17.2. The number of hydrogen-bond donors (Lipinski definition) is 4. The van der Waals surface area contributed by atoms with Crippen LogP contribution in [0.15, 0.2) is 0 Å². The van der Waals surface area contributed by atoms with Gasteiger partial charge < -0.3 is 5.11 Å². The van der Waals surface area contributed by atoms with Crippen LogP contribution in [-0.4, -0.2) is 28.5 Å². The van der Waals surface area contributed by atoms with Gasteiger partial charge >= 0.3 is 0 Å². The van der Waals surface area contributed by atoms with Crippen LogP contribution in [0.4, 0.5) is 0 Å². The predicted molar refractivity (Wildman–Crippen MR) is 57.9 cm³/mol. The molecule has 0 saturated carbocycles. The van der Waals surface area contributed by atoms with Gasteiger partial charge in [0.2, 0.25) is 0 Å². The first-order chi connectivity index (χ1) is 4.68. The number of aliphatic hydroxyl groups is 1. The highest BCUT2D eigenvalue weighted by molar-refractivity contribution is 7.81. The van der Waals surface area contributed by atoms with Crippen molar-refractivity contribution in [2.75, 3.05) is 17.3 Å². The van der Waals surface area contributed by atoms with E-state index in [4.69, 9.17) is 5.11 Å². The zero-order chi connectivity index (χ0) is 8.41. The number of hydrogen-bond acceptors (Lipinski definition) is 4. The molecule has 64 valence electrons. The lowest BCUT2D eigenvalue weighted by Gasteiger charge is -1.89. The smallest absolute Gasteiger partial charge is 0.0599 e. The van der Waals surface area contributed by atoms with Crippen molar-refractivity contribution in [2.24, 2.45) is 0 Å². The Hall–Kier alpha value is 1.01. The SMILES string of the molecule is CC(O)CS.SCCCS. The molecule has 0 bridgehead atoms. The van der Waals surface area contributed by atoms with E-state index >= 15 is 0 Å². The minimum absolute atomic E-state index is 0.252. The summed E-state index contributed by atoms with van der Waals surface area (Å²) in [5.41, 5.74) is 0. The molecule has 10 heavy (non-hydrogen) atoms.